The van der Waals surface area contributed by atoms with E-state index in [1.165, 1.54) is 119 Å². The number of alkyl halides is 1. The number of nitrogens with two attached hydrogens (primary N) is 1. The molecule has 0 aliphatic heterocycles. The highest BCUT2D eigenvalue weighted by Gasteiger charge is 2.26. The Hall–Kier alpha value is -6.58. The molecule has 0 bridgehead atoms. The van der Waals surface area contributed by atoms with E-state index in [9.17, 15) is 24.0 Å². The molecule has 0 unspecified atom stereocenters. The van der Waals surface area contributed by atoms with E-state index in [4.69, 9.17) is 11.3 Å². The number of hydrogen-bond donors (Lipinski definition) is 1. The number of hydrogen-bond acceptors (Lipinski definition) is 7. The first kappa shape index (κ1) is 70.5. The average molecular weight is 1250 g/mol. The summed E-state index contributed by atoms with van der Waals surface area (Å²) >= 11 is 3.41. The van der Waals surface area contributed by atoms with Gasteiger partial charge in [0.25, 0.3) is 0 Å². The highest BCUT2D eigenvalue weighted by Crippen LogP contribution is 2.31. The van der Waals surface area contributed by atoms with Gasteiger partial charge in [0.15, 0.2) is 28.9 Å². The minimum absolute atomic E-state index is 0.210. The second kappa shape index (κ2) is 40.1. The normalized spacial score (nSPS) is 16.4. The monoisotopic (exact) mass is 1250 g/mol. The van der Waals surface area contributed by atoms with Gasteiger partial charge in [-0.25, -0.2) is 0 Å². The quantitative estimate of drug-likeness (QED) is 0.0354. The molecule has 0 atom stereocenters. The fourth-order valence-corrected chi connectivity index (χ4v) is 13.0. The van der Waals surface area contributed by atoms with E-state index in [0.717, 1.165) is 115 Å². The highest BCUT2D eigenvalue weighted by atomic mass is 79.9. The van der Waals surface area contributed by atoms with Crippen molar-refractivity contribution in [3.05, 3.63) is 223 Å². The Kier molecular flexibility index (Phi) is 32.2. The molecule has 10 heteroatoms. The first-order valence-corrected chi connectivity index (χ1v) is 34.4. The van der Waals surface area contributed by atoms with Crippen molar-refractivity contribution < 1.29 is 24.0 Å². The van der Waals surface area contributed by atoms with Gasteiger partial charge >= 0.3 is 0 Å². The Morgan fingerprint density at radius 2 is 0.648 bits per heavy atom. The second-order valence-corrected chi connectivity index (χ2v) is 25.4. The molecule has 9 nitrogen and oxygen atoms in total. The molecule has 5 aliphatic rings. The lowest BCUT2D eigenvalue weighted by Crippen LogP contribution is -2.17. The smallest absolute Gasteiger partial charge is 0.165 e. The zero-order valence-corrected chi connectivity index (χ0v) is 54.8. The van der Waals surface area contributed by atoms with E-state index < -0.39 is 0 Å². The van der Waals surface area contributed by atoms with Crippen LogP contribution in [0.5, 0.6) is 0 Å². The van der Waals surface area contributed by atoms with Gasteiger partial charge in [-0.1, -0.05) is 287 Å². The Balaban J connectivity index is 0.000000171. The summed E-state index contributed by atoms with van der Waals surface area (Å²) < 4.78 is 0. The van der Waals surface area contributed by atoms with Gasteiger partial charge in [-0.15, -0.1) is 0 Å². The van der Waals surface area contributed by atoms with Crippen molar-refractivity contribution in [2.75, 3.05) is 0 Å². The Labute approximate surface area is 535 Å². The third-order valence-electron chi connectivity index (χ3n) is 18.2. The summed E-state index contributed by atoms with van der Waals surface area (Å²) in [5.41, 5.74) is 25.2. The van der Waals surface area contributed by atoms with Gasteiger partial charge in [-0.05, 0) is 112 Å². The Morgan fingerprint density at radius 3 is 0.898 bits per heavy atom. The summed E-state index contributed by atoms with van der Waals surface area (Å²) in [6, 6.07) is 49.6. The number of benzene rings is 6. The minimum Gasteiger partial charge on any atom is -0.326 e. The lowest BCUT2D eigenvalue weighted by Gasteiger charge is -2.20. The topological polar surface area (TPSA) is 160 Å². The predicted octanol–water partition coefficient (Wildman–Crippen LogP) is 21.3. The lowest BCUT2D eigenvalue weighted by atomic mass is 9.84. The number of halogens is 1. The van der Waals surface area contributed by atoms with Crippen molar-refractivity contribution in [1.29, 1.82) is 0 Å². The largest absolute Gasteiger partial charge is 0.326 e. The molecule has 0 radical (unpaired) electrons. The van der Waals surface area contributed by atoms with Gasteiger partial charge in [0, 0.05) is 74.2 Å². The van der Waals surface area contributed by atoms with Crippen LogP contribution >= 0.6 is 15.9 Å². The fraction of sp³-hybridized carbons (Fsp3) is 0.474. The molecule has 6 aromatic carbocycles. The third kappa shape index (κ3) is 24.4. The van der Waals surface area contributed by atoms with Crippen LogP contribution in [0, 0.1) is 43.4 Å². The Morgan fingerprint density at radius 1 is 0.386 bits per heavy atom. The van der Waals surface area contributed by atoms with Crippen LogP contribution < -0.4 is 5.73 Å². The molecule has 88 heavy (non-hydrogen) atoms. The summed E-state index contributed by atoms with van der Waals surface area (Å²) in [6.45, 7) is 7.15. The summed E-state index contributed by atoms with van der Waals surface area (Å²) in [6.07, 6.45) is 30.3. The van der Waals surface area contributed by atoms with Crippen LogP contribution in [0.25, 0.3) is 10.4 Å². The van der Waals surface area contributed by atoms with Crippen LogP contribution in [0.2, 0.25) is 0 Å². The number of rotatable bonds is 15. The molecule has 0 saturated heterocycles. The molecule has 2 N–H and O–H groups in total. The maximum atomic E-state index is 12.2. The summed E-state index contributed by atoms with van der Waals surface area (Å²) in [5, 5.41) is 4.35. The van der Waals surface area contributed by atoms with Crippen LogP contribution in [0.15, 0.2) is 157 Å². The van der Waals surface area contributed by atoms with Crippen LogP contribution in [0.1, 0.15) is 253 Å². The Bertz CT molecular complexity index is 2860. The molecule has 0 heterocycles. The SMILES string of the molecule is CCc1ccc(C(=O)C2CCCCC2)cc1.Cc1ccc(C(=O)C2CCCCC2)cc1.Cc1ccccc1.NCc1ccc(C(=O)C2CCCCC2)cc1.O=C(c1ccc(CBr)cc1)C1CCCCC1.[N-]=[N+]=NCc1ccc(C(=O)C2CCCCC2)cc1. The van der Waals surface area contributed by atoms with Crippen molar-refractivity contribution in [1.82, 2.24) is 0 Å². The number of ketones is 5. The van der Waals surface area contributed by atoms with Crippen LogP contribution in [0.4, 0.5) is 0 Å². The molecule has 0 spiro atoms. The van der Waals surface area contributed by atoms with E-state index in [2.05, 4.69) is 71.0 Å². The number of Topliss-reactive ketones (excluding diaryl/α,β-unsaturated/α-hetero) is 5. The van der Waals surface area contributed by atoms with Crippen LogP contribution in [-0.2, 0) is 24.8 Å². The minimum atomic E-state index is 0.210. The standard InChI is InChI=1S/C15H20O.C14H17BrO.C14H17N3O.C14H19NO.C14H18O.C7H8/c1-2-12-8-10-14(11-9-12)15(16)13-6-4-3-5-7-13;15-10-11-6-8-13(9-7-11)14(16)12-4-2-1-3-5-12;15-17-16-10-11-6-8-13(9-7-11)14(18)12-4-2-1-3-5-12;15-10-11-6-8-13(9-7-11)14(16)12-4-2-1-3-5-12;1-11-7-9-13(10-8-11)14(15)12-5-3-2-4-6-12;1-7-5-3-2-4-6-7/h8-11,13H,2-7H2,1H3;6-9,12H,1-5,10H2;6-9,12H,1-5,10H2;6-9,12H,1-5,10,15H2;7-10,12H,2-6H2,1H3;2-6H,1H3. The molecular weight excluding hydrogens is 1150 g/mol. The van der Waals surface area contributed by atoms with E-state index in [0.29, 0.717) is 48.1 Å². The third-order valence-corrected chi connectivity index (χ3v) is 18.9. The lowest BCUT2D eigenvalue weighted by molar-refractivity contribution is 0.0882. The average Bonchev–Trinajstić information content (AvgIpc) is 3.76. The van der Waals surface area contributed by atoms with Crippen molar-refractivity contribution in [3.8, 4) is 0 Å². The van der Waals surface area contributed by atoms with Crippen molar-refractivity contribution in [2.24, 2.45) is 40.4 Å². The molecule has 0 amide bonds. The molecule has 6 aromatic rings. The highest BCUT2D eigenvalue weighted by molar-refractivity contribution is 9.08. The van der Waals surface area contributed by atoms with Gasteiger partial charge < -0.3 is 5.73 Å². The molecule has 5 aliphatic carbocycles. The van der Waals surface area contributed by atoms with E-state index in [1.807, 2.05) is 127 Å². The summed E-state index contributed by atoms with van der Waals surface area (Å²) in [5.74, 6) is 3.00. The summed E-state index contributed by atoms with van der Waals surface area (Å²) in [4.78, 5) is 63.6. The fourth-order valence-electron chi connectivity index (χ4n) is 12.6. The van der Waals surface area contributed by atoms with E-state index in [-0.39, 0.29) is 23.5 Å². The van der Waals surface area contributed by atoms with E-state index in [1.54, 1.807) is 0 Å². The molecule has 468 valence electrons. The number of carbonyl (C=O) groups is 5. The maximum absolute atomic E-state index is 12.2. The second-order valence-electron chi connectivity index (χ2n) is 24.9. The molecule has 5 fully saturated rings. The van der Waals surface area contributed by atoms with E-state index >= 15 is 0 Å². The number of nitrogens with zero attached hydrogens (tertiary/aromatic N) is 3. The predicted molar refractivity (Wildman–Crippen MR) is 365 cm³/mol. The van der Waals surface area contributed by atoms with Gasteiger partial charge in [0.2, 0.25) is 0 Å². The van der Waals surface area contributed by atoms with Crippen LogP contribution in [-0.4, -0.2) is 28.9 Å². The zero-order chi connectivity index (χ0) is 62.7. The van der Waals surface area contributed by atoms with Crippen LogP contribution in [0.3, 0.4) is 0 Å². The molecular formula is C78H99BrN4O5. The summed E-state index contributed by atoms with van der Waals surface area (Å²) in [7, 11) is 0. The van der Waals surface area contributed by atoms with Gasteiger partial charge in [0.1, 0.15) is 0 Å². The van der Waals surface area contributed by atoms with Crippen molar-refractivity contribution >= 4 is 44.8 Å². The molecule has 5 saturated carbocycles. The number of aryl methyl sites for hydroxylation is 3. The number of carbonyl (C=O) groups excluding carboxylic acids is 5. The van der Waals surface area contributed by atoms with Gasteiger partial charge in [0.05, 0.1) is 6.54 Å². The van der Waals surface area contributed by atoms with Crippen molar-refractivity contribution in [3.63, 3.8) is 0 Å². The molecule has 11 rings (SSSR count). The number of azide groups is 1. The zero-order valence-electron chi connectivity index (χ0n) is 53.2. The first-order chi connectivity index (χ1) is 42.9. The van der Waals surface area contributed by atoms with Gasteiger partial charge in [-0.3, -0.25) is 24.0 Å². The van der Waals surface area contributed by atoms with Crippen molar-refractivity contribution in [2.45, 2.75) is 206 Å². The van der Waals surface area contributed by atoms with Gasteiger partial charge in [-0.2, -0.15) is 0 Å². The maximum Gasteiger partial charge on any atom is 0.165 e. The first-order valence-electron chi connectivity index (χ1n) is 33.3. The molecule has 0 aromatic heterocycles.